The van der Waals surface area contributed by atoms with Gasteiger partial charge >= 0.3 is 0 Å². The summed E-state index contributed by atoms with van der Waals surface area (Å²) in [5.74, 6) is -2.28. The summed E-state index contributed by atoms with van der Waals surface area (Å²) in [4.78, 5) is 24.0. The molecule has 1 saturated heterocycles. The van der Waals surface area contributed by atoms with Crippen molar-refractivity contribution in [1.82, 2.24) is 15.2 Å². The van der Waals surface area contributed by atoms with Crippen LogP contribution in [0.15, 0.2) is 29.2 Å². The molecule has 0 bridgehead atoms. The Morgan fingerprint density at radius 2 is 1.59 bits per heavy atom. The van der Waals surface area contributed by atoms with Crippen LogP contribution in [0.5, 0.6) is 0 Å². The number of nitrogens with one attached hydrogen (secondary N) is 2. The average molecular weight is 446 g/mol. The lowest BCUT2D eigenvalue weighted by atomic mass is 10.2. The van der Waals surface area contributed by atoms with Gasteiger partial charge in [0.15, 0.2) is 9.84 Å². The number of benzene rings is 1. The van der Waals surface area contributed by atoms with E-state index in [4.69, 9.17) is 0 Å². The standard InChI is InChI=1S/C18H27N3O6S2/c1-2-3-6-13-28(24,25)14-17(22)19-20-18(23)15-7-9-16(10-8-15)29(26,27)21-11-4-5-12-21/h7-10H,2-6,11-14H2,1H3,(H,19,22)(H,20,23). The summed E-state index contributed by atoms with van der Waals surface area (Å²) < 4.78 is 50.0. The fourth-order valence-electron chi connectivity index (χ4n) is 2.93. The van der Waals surface area contributed by atoms with Gasteiger partial charge in [0.05, 0.1) is 10.6 Å². The van der Waals surface area contributed by atoms with E-state index in [1.54, 1.807) is 0 Å². The van der Waals surface area contributed by atoms with Crippen LogP contribution in [0, 0.1) is 0 Å². The predicted octanol–water partition coefficient (Wildman–Crippen LogP) is 0.837. The zero-order valence-corrected chi connectivity index (χ0v) is 18.0. The first kappa shape index (κ1) is 23.3. The summed E-state index contributed by atoms with van der Waals surface area (Å²) >= 11 is 0. The molecule has 0 aromatic heterocycles. The lowest BCUT2D eigenvalue weighted by Crippen LogP contribution is -2.44. The number of hydrazine groups is 1. The van der Waals surface area contributed by atoms with E-state index < -0.39 is 37.4 Å². The second kappa shape index (κ2) is 10.2. The van der Waals surface area contributed by atoms with Gasteiger partial charge in [0.1, 0.15) is 5.75 Å². The Labute approximate surface area is 171 Å². The van der Waals surface area contributed by atoms with E-state index in [1.165, 1.54) is 28.6 Å². The van der Waals surface area contributed by atoms with Gasteiger partial charge in [0.25, 0.3) is 11.8 Å². The average Bonchev–Trinajstić information content (AvgIpc) is 3.21. The Morgan fingerprint density at radius 3 is 2.17 bits per heavy atom. The highest BCUT2D eigenvalue weighted by Gasteiger charge is 2.27. The molecule has 11 heteroatoms. The number of hydrogen-bond donors (Lipinski definition) is 2. The van der Waals surface area contributed by atoms with E-state index in [0.717, 1.165) is 25.7 Å². The molecular weight excluding hydrogens is 418 g/mol. The SMILES string of the molecule is CCCCCS(=O)(=O)CC(=O)NNC(=O)c1ccc(S(=O)(=O)N2CCCC2)cc1. The minimum absolute atomic E-state index is 0.0742. The minimum Gasteiger partial charge on any atom is -0.272 e. The van der Waals surface area contributed by atoms with Crippen LogP contribution in [0.2, 0.25) is 0 Å². The molecule has 1 fully saturated rings. The van der Waals surface area contributed by atoms with Crippen LogP contribution < -0.4 is 10.9 Å². The fraction of sp³-hybridized carbons (Fsp3) is 0.556. The predicted molar refractivity (Wildman–Crippen MR) is 108 cm³/mol. The van der Waals surface area contributed by atoms with Gasteiger partial charge in [0, 0.05) is 18.7 Å². The van der Waals surface area contributed by atoms with Gasteiger partial charge in [-0.15, -0.1) is 0 Å². The number of nitrogens with zero attached hydrogens (tertiary/aromatic N) is 1. The molecule has 0 spiro atoms. The summed E-state index contributed by atoms with van der Waals surface area (Å²) in [5, 5.41) is 0. The molecule has 2 rings (SSSR count). The van der Waals surface area contributed by atoms with Gasteiger partial charge in [-0.1, -0.05) is 19.8 Å². The molecule has 29 heavy (non-hydrogen) atoms. The van der Waals surface area contributed by atoms with Crippen molar-refractivity contribution in [3.63, 3.8) is 0 Å². The van der Waals surface area contributed by atoms with E-state index in [0.29, 0.717) is 19.5 Å². The van der Waals surface area contributed by atoms with Gasteiger partial charge < -0.3 is 0 Å². The summed E-state index contributed by atoms with van der Waals surface area (Å²) in [5.41, 5.74) is 4.35. The highest BCUT2D eigenvalue weighted by molar-refractivity contribution is 7.92. The molecule has 2 amide bonds. The fourth-order valence-corrected chi connectivity index (χ4v) is 5.71. The van der Waals surface area contributed by atoms with Crippen molar-refractivity contribution >= 4 is 31.7 Å². The Kier molecular flexibility index (Phi) is 8.17. The van der Waals surface area contributed by atoms with Gasteiger partial charge in [-0.3, -0.25) is 20.4 Å². The molecule has 0 unspecified atom stereocenters. The second-order valence-corrected chi connectivity index (χ2v) is 11.1. The molecule has 0 aliphatic carbocycles. The molecule has 1 aliphatic rings. The topological polar surface area (TPSA) is 130 Å². The van der Waals surface area contributed by atoms with Crippen LogP contribution >= 0.6 is 0 Å². The van der Waals surface area contributed by atoms with Crippen LogP contribution in [-0.4, -0.2) is 57.6 Å². The monoisotopic (exact) mass is 445 g/mol. The Morgan fingerprint density at radius 1 is 0.966 bits per heavy atom. The smallest absolute Gasteiger partial charge is 0.269 e. The molecule has 1 aromatic carbocycles. The maximum Gasteiger partial charge on any atom is 0.269 e. The van der Waals surface area contributed by atoms with Crippen molar-refractivity contribution < 1.29 is 26.4 Å². The number of rotatable bonds is 9. The molecule has 0 radical (unpaired) electrons. The van der Waals surface area contributed by atoms with Gasteiger partial charge in [0.2, 0.25) is 10.0 Å². The van der Waals surface area contributed by atoms with Crippen molar-refractivity contribution in [3.05, 3.63) is 29.8 Å². The highest BCUT2D eigenvalue weighted by atomic mass is 32.2. The quantitative estimate of drug-likeness (QED) is 0.428. The lowest BCUT2D eigenvalue weighted by molar-refractivity contribution is -0.119. The normalized spacial score (nSPS) is 15.2. The number of carbonyl (C=O) groups is 2. The van der Waals surface area contributed by atoms with E-state index in [9.17, 15) is 26.4 Å². The first-order chi connectivity index (χ1) is 13.7. The summed E-state index contributed by atoms with van der Waals surface area (Å²) in [6.07, 6.45) is 3.78. The zero-order valence-electron chi connectivity index (χ0n) is 16.4. The van der Waals surface area contributed by atoms with E-state index >= 15 is 0 Å². The Bertz CT molecular complexity index is 921. The van der Waals surface area contributed by atoms with E-state index in [-0.39, 0.29) is 16.2 Å². The van der Waals surface area contributed by atoms with Crippen molar-refractivity contribution in [2.45, 2.75) is 43.9 Å². The molecule has 2 N–H and O–H groups in total. The third kappa shape index (κ3) is 6.79. The molecule has 1 heterocycles. The van der Waals surface area contributed by atoms with Crippen molar-refractivity contribution in [1.29, 1.82) is 0 Å². The Balaban J connectivity index is 1.88. The van der Waals surface area contributed by atoms with Crippen molar-refractivity contribution in [2.75, 3.05) is 24.6 Å². The zero-order chi connectivity index (χ0) is 21.5. The second-order valence-electron chi connectivity index (χ2n) is 6.94. The van der Waals surface area contributed by atoms with Crippen LogP contribution in [0.1, 0.15) is 49.4 Å². The molecule has 162 valence electrons. The third-order valence-corrected chi connectivity index (χ3v) is 8.07. The minimum atomic E-state index is -3.57. The third-order valence-electron chi connectivity index (χ3n) is 4.54. The Hall–Kier alpha value is -1.98. The maximum absolute atomic E-state index is 12.5. The number of hydrogen-bond acceptors (Lipinski definition) is 6. The molecule has 0 atom stereocenters. The van der Waals surface area contributed by atoms with E-state index in [2.05, 4.69) is 10.9 Å². The maximum atomic E-state index is 12.5. The van der Waals surface area contributed by atoms with Crippen molar-refractivity contribution in [2.24, 2.45) is 0 Å². The highest BCUT2D eigenvalue weighted by Crippen LogP contribution is 2.21. The summed E-state index contributed by atoms with van der Waals surface area (Å²) in [6, 6.07) is 5.35. The lowest BCUT2D eigenvalue weighted by Gasteiger charge is -2.15. The molecule has 9 nitrogen and oxygen atoms in total. The summed E-state index contributed by atoms with van der Waals surface area (Å²) in [7, 11) is -7.10. The van der Waals surface area contributed by atoms with Gasteiger partial charge in [-0.05, 0) is 43.5 Å². The largest absolute Gasteiger partial charge is 0.272 e. The first-order valence-electron chi connectivity index (χ1n) is 9.55. The number of carbonyl (C=O) groups excluding carboxylic acids is 2. The number of amides is 2. The number of sulfonamides is 1. The van der Waals surface area contributed by atoms with Crippen LogP contribution in [0.4, 0.5) is 0 Å². The van der Waals surface area contributed by atoms with E-state index in [1.807, 2.05) is 6.92 Å². The van der Waals surface area contributed by atoms with Crippen LogP contribution in [0.3, 0.4) is 0 Å². The number of unbranched alkanes of at least 4 members (excludes halogenated alkanes) is 2. The molecular formula is C18H27N3O6S2. The summed E-state index contributed by atoms with van der Waals surface area (Å²) in [6.45, 7) is 2.92. The number of sulfone groups is 1. The van der Waals surface area contributed by atoms with Crippen LogP contribution in [-0.2, 0) is 24.7 Å². The first-order valence-corrected chi connectivity index (χ1v) is 12.8. The van der Waals surface area contributed by atoms with Crippen molar-refractivity contribution in [3.8, 4) is 0 Å². The molecule has 1 aromatic rings. The van der Waals surface area contributed by atoms with Gasteiger partial charge in [-0.2, -0.15) is 4.31 Å². The van der Waals surface area contributed by atoms with Gasteiger partial charge in [-0.25, -0.2) is 16.8 Å². The molecule has 0 saturated carbocycles. The van der Waals surface area contributed by atoms with Crippen LogP contribution in [0.25, 0.3) is 0 Å². The molecule has 1 aliphatic heterocycles.